The molecule has 1 N–H and O–H groups in total. The van der Waals surface area contributed by atoms with E-state index in [1.54, 1.807) is 0 Å². The second-order valence-corrected chi connectivity index (χ2v) is 5.38. The molecular weight excluding hydrogens is 344 g/mol. The van der Waals surface area contributed by atoms with Crippen LogP contribution in [0.3, 0.4) is 0 Å². The second kappa shape index (κ2) is 5.65. The van der Waals surface area contributed by atoms with E-state index < -0.39 is 0 Å². The van der Waals surface area contributed by atoms with E-state index in [1.165, 1.54) is 5.56 Å². The van der Waals surface area contributed by atoms with E-state index in [2.05, 4.69) is 54.3 Å². The molecule has 0 fully saturated rings. The molecule has 0 aliphatic carbocycles. The maximum absolute atomic E-state index is 4.26. The van der Waals surface area contributed by atoms with Crippen molar-refractivity contribution in [2.75, 3.05) is 5.32 Å². The fraction of sp³-hybridized carbons (Fsp3) is 0.154. The van der Waals surface area contributed by atoms with Gasteiger partial charge in [0, 0.05) is 11.0 Å². The number of hydrogen-bond acceptors (Lipinski definition) is 2. The van der Waals surface area contributed by atoms with Gasteiger partial charge in [0.05, 0.1) is 11.9 Å². The maximum Gasteiger partial charge on any atom is 0.109 e. The highest BCUT2D eigenvalue weighted by Crippen LogP contribution is 2.20. The highest BCUT2D eigenvalue weighted by atomic mass is 79.9. The van der Waals surface area contributed by atoms with Crippen molar-refractivity contribution >= 4 is 37.5 Å². The first kappa shape index (κ1) is 12.6. The van der Waals surface area contributed by atoms with Gasteiger partial charge in [0.2, 0.25) is 0 Å². The second-order valence-electron chi connectivity index (χ2n) is 3.78. The van der Waals surface area contributed by atoms with Gasteiger partial charge in [-0.25, -0.2) is 4.98 Å². The summed E-state index contributed by atoms with van der Waals surface area (Å²) in [4.78, 5) is 4.26. The molecule has 4 heteroatoms. The summed E-state index contributed by atoms with van der Waals surface area (Å²) in [6.07, 6.45) is 1.83. The van der Waals surface area contributed by atoms with E-state index in [-0.39, 0.29) is 0 Å². The van der Waals surface area contributed by atoms with Crippen LogP contribution in [0, 0.1) is 6.92 Å². The van der Waals surface area contributed by atoms with Gasteiger partial charge >= 0.3 is 0 Å². The molecule has 0 amide bonds. The molecule has 0 spiro atoms. The van der Waals surface area contributed by atoms with Crippen molar-refractivity contribution in [2.24, 2.45) is 0 Å². The summed E-state index contributed by atoms with van der Waals surface area (Å²) in [5, 5.41) is 3.36. The van der Waals surface area contributed by atoms with E-state index in [0.717, 1.165) is 26.9 Å². The molecule has 0 atom stereocenters. The minimum atomic E-state index is 0.782. The smallest absolute Gasteiger partial charge is 0.109 e. The molecule has 0 saturated carbocycles. The average molecular weight is 356 g/mol. The molecule has 88 valence electrons. The molecule has 0 radical (unpaired) electrons. The summed E-state index contributed by atoms with van der Waals surface area (Å²) >= 11 is 6.92. The maximum atomic E-state index is 4.26. The molecule has 2 nitrogen and oxygen atoms in total. The van der Waals surface area contributed by atoms with Crippen molar-refractivity contribution in [1.82, 2.24) is 4.98 Å². The molecule has 0 aliphatic heterocycles. The molecular formula is C13H12Br2N2. The Morgan fingerprint density at radius 2 is 2.00 bits per heavy atom. The Morgan fingerprint density at radius 1 is 1.24 bits per heavy atom. The van der Waals surface area contributed by atoms with Gasteiger partial charge in [-0.1, -0.05) is 34.1 Å². The number of anilines is 1. The molecule has 1 heterocycles. The Bertz CT molecular complexity index is 527. The largest absolute Gasteiger partial charge is 0.380 e. The van der Waals surface area contributed by atoms with Gasteiger partial charge < -0.3 is 5.32 Å². The van der Waals surface area contributed by atoms with Crippen molar-refractivity contribution in [3.63, 3.8) is 0 Å². The molecule has 0 unspecified atom stereocenters. The third kappa shape index (κ3) is 3.30. The summed E-state index contributed by atoms with van der Waals surface area (Å²) in [6, 6.07) is 10.3. The minimum absolute atomic E-state index is 0.782. The van der Waals surface area contributed by atoms with Crippen LogP contribution < -0.4 is 5.32 Å². The van der Waals surface area contributed by atoms with Crippen LogP contribution in [0.2, 0.25) is 0 Å². The molecule has 2 rings (SSSR count). The summed E-state index contributed by atoms with van der Waals surface area (Å²) in [7, 11) is 0. The SMILES string of the molecule is Cc1cc(NCc2ccccc2Br)cnc1Br. The quantitative estimate of drug-likeness (QED) is 0.818. The van der Waals surface area contributed by atoms with Crippen LogP contribution in [-0.2, 0) is 6.54 Å². The van der Waals surface area contributed by atoms with E-state index in [1.807, 2.05) is 31.3 Å². The Balaban J connectivity index is 2.08. The van der Waals surface area contributed by atoms with Crippen molar-refractivity contribution in [1.29, 1.82) is 0 Å². The van der Waals surface area contributed by atoms with Crippen LogP contribution in [0.15, 0.2) is 45.6 Å². The van der Waals surface area contributed by atoms with Crippen LogP contribution in [0.25, 0.3) is 0 Å². The Labute approximate surface area is 118 Å². The number of hydrogen-bond donors (Lipinski definition) is 1. The monoisotopic (exact) mass is 354 g/mol. The lowest BCUT2D eigenvalue weighted by Gasteiger charge is -2.09. The number of pyridine rings is 1. The fourth-order valence-corrected chi connectivity index (χ4v) is 2.14. The van der Waals surface area contributed by atoms with Gasteiger partial charge in [-0.05, 0) is 46.1 Å². The molecule has 2 aromatic rings. The molecule has 1 aromatic heterocycles. The zero-order chi connectivity index (χ0) is 12.3. The molecule has 0 saturated heterocycles. The predicted molar refractivity (Wildman–Crippen MR) is 78.1 cm³/mol. The third-order valence-electron chi connectivity index (χ3n) is 2.46. The van der Waals surface area contributed by atoms with Crippen molar-refractivity contribution in [3.8, 4) is 0 Å². The lowest BCUT2D eigenvalue weighted by molar-refractivity contribution is 1.11. The van der Waals surface area contributed by atoms with Gasteiger partial charge in [0.25, 0.3) is 0 Å². The summed E-state index contributed by atoms with van der Waals surface area (Å²) in [6.45, 7) is 2.81. The first-order valence-electron chi connectivity index (χ1n) is 5.26. The van der Waals surface area contributed by atoms with E-state index in [9.17, 15) is 0 Å². The van der Waals surface area contributed by atoms with E-state index >= 15 is 0 Å². The standard InChI is InChI=1S/C13H12Br2N2/c1-9-6-11(8-17-13(9)15)16-7-10-4-2-3-5-12(10)14/h2-6,8,16H,7H2,1H3. The zero-order valence-electron chi connectivity index (χ0n) is 9.37. The minimum Gasteiger partial charge on any atom is -0.380 e. The van der Waals surface area contributed by atoms with Gasteiger partial charge in [0.15, 0.2) is 0 Å². The predicted octanol–water partition coefficient (Wildman–Crippen LogP) is 4.53. The third-order valence-corrected chi connectivity index (χ3v) is 4.06. The fourth-order valence-electron chi connectivity index (χ4n) is 1.49. The van der Waals surface area contributed by atoms with E-state index in [4.69, 9.17) is 0 Å². The first-order chi connectivity index (χ1) is 8.16. The van der Waals surface area contributed by atoms with Gasteiger partial charge in [0.1, 0.15) is 4.60 Å². The Hall–Kier alpha value is -0.870. The highest BCUT2D eigenvalue weighted by Gasteiger charge is 2.00. The van der Waals surface area contributed by atoms with Crippen molar-refractivity contribution < 1.29 is 0 Å². The van der Waals surface area contributed by atoms with Crippen LogP contribution in [0.4, 0.5) is 5.69 Å². The lowest BCUT2D eigenvalue weighted by atomic mass is 10.2. The molecule has 17 heavy (non-hydrogen) atoms. The van der Waals surface area contributed by atoms with Gasteiger partial charge in [-0.15, -0.1) is 0 Å². The van der Waals surface area contributed by atoms with Crippen LogP contribution >= 0.6 is 31.9 Å². The topological polar surface area (TPSA) is 24.9 Å². The van der Waals surface area contributed by atoms with E-state index in [0.29, 0.717) is 0 Å². The van der Waals surface area contributed by atoms with Crippen LogP contribution in [-0.4, -0.2) is 4.98 Å². The van der Waals surface area contributed by atoms with Crippen LogP contribution in [0.5, 0.6) is 0 Å². The molecule has 0 bridgehead atoms. The Kier molecular flexibility index (Phi) is 4.18. The number of nitrogens with zero attached hydrogens (tertiary/aromatic N) is 1. The Morgan fingerprint density at radius 3 is 2.71 bits per heavy atom. The van der Waals surface area contributed by atoms with Crippen molar-refractivity contribution in [2.45, 2.75) is 13.5 Å². The zero-order valence-corrected chi connectivity index (χ0v) is 12.5. The van der Waals surface area contributed by atoms with Gasteiger partial charge in [-0.3, -0.25) is 0 Å². The van der Waals surface area contributed by atoms with Gasteiger partial charge in [-0.2, -0.15) is 0 Å². The highest BCUT2D eigenvalue weighted by molar-refractivity contribution is 9.10. The summed E-state index contributed by atoms with van der Waals surface area (Å²) in [5.41, 5.74) is 3.39. The number of aromatic nitrogens is 1. The average Bonchev–Trinajstić information content (AvgIpc) is 2.32. The first-order valence-corrected chi connectivity index (χ1v) is 6.85. The number of benzene rings is 1. The normalized spacial score (nSPS) is 10.3. The van der Waals surface area contributed by atoms with Crippen molar-refractivity contribution in [3.05, 3.63) is 56.7 Å². The number of rotatable bonds is 3. The lowest BCUT2D eigenvalue weighted by Crippen LogP contribution is -2.01. The van der Waals surface area contributed by atoms with Crippen LogP contribution in [0.1, 0.15) is 11.1 Å². The number of aryl methyl sites for hydroxylation is 1. The molecule has 0 aliphatic rings. The summed E-state index contributed by atoms with van der Waals surface area (Å²) in [5.74, 6) is 0. The summed E-state index contributed by atoms with van der Waals surface area (Å²) < 4.78 is 2.01. The molecule has 1 aromatic carbocycles. The number of halogens is 2. The number of nitrogens with one attached hydrogen (secondary N) is 1.